The van der Waals surface area contributed by atoms with Crippen LogP contribution in [0.25, 0.3) is 0 Å². The fourth-order valence-electron chi connectivity index (χ4n) is 1.88. The molecule has 4 heteroatoms. The first kappa shape index (κ1) is 12.2. The molecule has 1 fully saturated rings. The Labute approximate surface area is 89.6 Å². The van der Waals surface area contributed by atoms with Crippen molar-refractivity contribution in [1.82, 2.24) is 0 Å². The minimum Gasteiger partial charge on any atom is -0.481 e. The van der Waals surface area contributed by atoms with Gasteiger partial charge in [0.1, 0.15) is 0 Å². The molecule has 86 valence electrons. The Morgan fingerprint density at radius 3 is 2.60 bits per heavy atom. The Hall–Kier alpha value is -0.870. The Morgan fingerprint density at radius 1 is 1.53 bits per heavy atom. The second kappa shape index (κ2) is 5.28. The predicted octanol–water partition coefficient (Wildman–Crippen LogP) is 1.19. The number of carboxylic acids is 1. The highest BCUT2D eigenvalue weighted by Crippen LogP contribution is 2.32. The third kappa shape index (κ3) is 3.64. The lowest BCUT2D eigenvalue weighted by molar-refractivity contribution is -0.146. The minimum absolute atomic E-state index is 0.269. The molecule has 15 heavy (non-hydrogen) atoms. The van der Waals surface area contributed by atoms with E-state index in [0.29, 0.717) is 32.3 Å². The summed E-state index contributed by atoms with van der Waals surface area (Å²) in [6.45, 7) is 4.21. The third-order valence-corrected chi connectivity index (χ3v) is 2.87. The molecule has 0 bridgehead atoms. The number of carboxylic acid groups (broad SMARTS) is 1. The maximum Gasteiger partial charge on any atom is 0.306 e. The van der Waals surface area contributed by atoms with Crippen molar-refractivity contribution in [2.75, 3.05) is 13.2 Å². The van der Waals surface area contributed by atoms with Crippen molar-refractivity contribution < 1.29 is 19.7 Å². The number of rotatable bonds is 5. The average Bonchev–Trinajstić information content (AvgIpc) is 2.18. The van der Waals surface area contributed by atoms with Crippen LogP contribution in [0.4, 0.5) is 0 Å². The van der Waals surface area contributed by atoms with Gasteiger partial charge in [-0.1, -0.05) is 6.08 Å². The molecule has 0 atom stereocenters. The van der Waals surface area contributed by atoms with Crippen LogP contribution in [0.3, 0.4) is 0 Å². The summed E-state index contributed by atoms with van der Waals surface area (Å²) in [4.78, 5) is 10.7. The van der Waals surface area contributed by atoms with Crippen LogP contribution in [-0.2, 0) is 9.53 Å². The monoisotopic (exact) mass is 214 g/mol. The number of aliphatic hydroxyl groups is 1. The van der Waals surface area contributed by atoms with Gasteiger partial charge < -0.3 is 14.9 Å². The van der Waals surface area contributed by atoms with Gasteiger partial charge in [-0.05, 0) is 25.7 Å². The maximum absolute atomic E-state index is 10.7. The summed E-state index contributed by atoms with van der Waals surface area (Å²) in [7, 11) is 0. The molecule has 0 aliphatic heterocycles. The molecule has 0 unspecified atom stereocenters. The van der Waals surface area contributed by atoms with E-state index in [0.717, 1.165) is 0 Å². The highest BCUT2D eigenvalue weighted by Gasteiger charge is 2.35. The van der Waals surface area contributed by atoms with Crippen LogP contribution in [0.1, 0.15) is 25.7 Å². The zero-order valence-corrected chi connectivity index (χ0v) is 8.82. The quantitative estimate of drug-likeness (QED) is 0.533. The molecular weight excluding hydrogens is 196 g/mol. The third-order valence-electron chi connectivity index (χ3n) is 2.87. The number of hydrogen-bond donors (Lipinski definition) is 2. The summed E-state index contributed by atoms with van der Waals surface area (Å²) in [6, 6.07) is 0. The Balaban J connectivity index is 2.33. The second-order valence-corrected chi connectivity index (χ2v) is 4.14. The van der Waals surface area contributed by atoms with Crippen molar-refractivity contribution in [2.45, 2.75) is 31.3 Å². The van der Waals surface area contributed by atoms with Gasteiger partial charge >= 0.3 is 5.97 Å². The summed E-state index contributed by atoms with van der Waals surface area (Å²) in [5.41, 5.74) is -0.838. The molecule has 0 aromatic carbocycles. The lowest BCUT2D eigenvalue weighted by atomic mass is 9.79. The van der Waals surface area contributed by atoms with Crippen LogP contribution >= 0.6 is 0 Å². The SMILES string of the molecule is C=CCOCC1(O)CCC(C(=O)O)CC1. The number of aliphatic carboxylic acids is 1. The van der Waals surface area contributed by atoms with Gasteiger partial charge in [-0.25, -0.2) is 0 Å². The molecule has 0 heterocycles. The van der Waals surface area contributed by atoms with Crippen molar-refractivity contribution in [1.29, 1.82) is 0 Å². The first-order chi connectivity index (χ1) is 7.07. The molecule has 0 aromatic rings. The van der Waals surface area contributed by atoms with Crippen LogP contribution < -0.4 is 0 Å². The standard InChI is InChI=1S/C11H18O4/c1-2-7-15-8-11(14)5-3-9(4-6-11)10(12)13/h2,9,14H,1,3-8H2,(H,12,13). The fraction of sp³-hybridized carbons (Fsp3) is 0.727. The molecule has 1 aliphatic carbocycles. The molecule has 0 aromatic heterocycles. The predicted molar refractivity (Wildman–Crippen MR) is 55.6 cm³/mol. The summed E-state index contributed by atoms with van der Waals surface area (Å²) >= 11 is 0. The fourth-order valence-corrected chi connectivity index (χ4v) is 1.88. The van der Waals surface area contributed by atoms with E-state index in [1.54, 1.807) is 6.08 Å². The van der Waals surface area contributed by atoms with Crippen LogP contribution in [0.15, 0.2) is 12.7 Å². The Bertz CT molecular complexity index is 229. The molecular formula is C11H18O4. The van der Waals surface area contributed by atoms with Gasteiger partial charge in [-0.3, -0.25) is 4.79 Å². The zero-order valence-electron chi connectivity index (χ0n) is 8.82. The van der Waals surface area contributed by atoms with Crippen molar-refractivity contribution in [3.63, 3.8) is 0 Å². The lowest BCUT2D eigenvalue weighted by Crippen LogP contribution is -2.40. The molecule has 1 aliphatic rings. The highest BCUT2D eigenvalue weighted by atomic mass is 16.5. The van der Waals surface area contributed by atoms with E-state index in [-0.39, 0.29) is 12.5 Å². The Kier molecular flexibility index (Phi) is 4.29. The second-order valence-electron chi connectivity index (χ2n) is 4.14. The van der Waals surface area contributed by atoms with Gasteiger partial charge in [0.15, 0.2) is 0 Å². The van der Waals surface area contributed by atoms with Gasteiger partial charge in [-0.2, -0.15) is 0 Å². The van der Waals surface area contributed by atoms with E-state index < -0.39 is 11.6 Å². The zero-order chi connectivity index (χ0) is 11.3. The molecule has 0 amide bonds. The topological polar surface area (TPSA) is 66.8 Å². The van der Waals surface area contributed by atoms with Gasteiger partial charge in [-0.15, -0.1) is 6.58 Å². The van der Waals surface area contributed by atoms with Crippen molar-refractivity contribution in [3.05, 3.63) is 12.7 Å². The van der Waals surface area contributed by atoms with E-state index >= 15 is 0 Å². The van der Waals surface area contributed by atoms with Crippen LogP contribution in [-0.4, -0.2) is 35.0 Å². The normalized spacial score (nSPS) is 31.1. The molecule has 2 N–H and O–H groups in total. The van der Waals surface area contributed by atoms with Crippen LogP contribution in [0, 0.1) is 5.92 Å². The molecule has 0 radical (unpaired) electrons. The smallest absolute Gasteiger partial charge is 0.306 e. The van der Waals surface area contributed by atoms with Crippen LogP contribution in [0.2, 0.25) is 0 Å². The number of ether oxygens (including phenoxy) is 1. The maximum atomic E-state index is 10.7. The van der Waals surface area contributed by atoms with Crippen molar-refractivity contribution >= 4 is 5.97 Å². The van der Waals surface area contributed by atoms with Gasteiger partial charge in [0.2, 0.25) is 0 Å². The number of carbonyl (C=O) groups is 1. The van der Waals surface area contributed by atoms with Crippen LogP contribution in [0.5, 0.6) is 0 Å². The van der Waals surface area contributed by atoms with Gasteiger partial charge in [0.05, 0.1) is 24.7 Å². The van der Waals surface area contributed by atoms with Gasteiger partial charge in [0.25, 0.3) is 0 Å². The van der Waals surface area contributed by atoms with E-state index in [4.69, 9.17) is 9.84 Å². The molecule has 4 nitrogen and oxygen atoms in total. The summed E-state index contributed by atoms with van der Waals surface area (Å²) in [5.74, 6) is -1.06. The first-order valence-corrected chi connectivity index (χ1v) is 5.21. The lowest BCUT2D eigenvalue weighted by Gasteiger charge is -2.34. The first-order valence-electron chi connectivity index (χ1n) is 5.21. The molecule has 1 saturated carbocycles. The largest absolute Gasteiger partial charge is 0.481 e. The minimum atomic E-state index is -0.838. The summed E-state index contributed by atoms with van der Waals surface area (Å²) in [6.07, 6.45) is 3.70. The summed E-state index contributed by atoms with van der Waals surface area (Å²) in [5, 5.41) is 18.8. The number of hydrogen-bond acceptors (Lipinski definition) is 3. The average molecular weight is 214 g/mol. The van der Waals surface area contributed by atoms with Gasteiger partial charge in [0, 0.05) is 0 Å². The highest BCUT2D eigenvalue weighted by molar-refractivity contribution is 5.70. The van der Waals surface area contributed by atoms with E-state index in [1.807, 2.05) is 0 Å². The molecule has 0 spiro atoms. The van der Waals surface area contributed by atoms with Crippen molar-refractivity contribution in [2.24, 2.45) is 5.92 Å². The molecule has 0 saturated heterocycles. The Morgan fingerprint density at radius 2 is 2.13 bits per heavy atom. The summed E-state index contributed by atoms with van der Waals surface area (Å²) < 4.78 is 5.21. The molecule has 1 rings (SSSR count). The van der Waals surface area contributed by atoms with E-state index in [1.165, 1.54) is 0 Å². The van der Waals surface area contributed by atoms with Crippen molar-refractivity contribution in [3.8, 4) is 0 Å². The van der Waals surface area contributed by atoms with E-state index in [9.17, 15) is 9.90 Å². The van der Waals surface area contributed by atoms with E-state index in [2.05, 4.69) is 6.58 Å².